The Labute approximate surface area is 101 Å². The number of pyridine rings is 1. The summed E-state index contributed by atoms with van der Waals surface area (Å²) in [6.07, 6.45) is 4.39. The van der Waals surface area contributed by atoms with Gasteiger partial charge in [0.05, 0.1) is 0 Å². The van der Waals surface area contributed by atoms with E-state index in [9.17, 15) is 0 Å². The first-order valence-electron chi connectivity index (χ1n) is 6.24. The van der Waals surface area contributed by atoms with Crippen molar-refractivity contribution in [3.8, 4) is 0 Å². The lowest BCUT2D eigenvalue weighted by Crippen LogP contribution is -2.19. The fourth-order valence-corrected chi connectivity index (χ4v) is 1.67. The van der Waals surface area contributed by atoms with Crippen LogP contribution in [0, 0.1) is 6.92 Å². The molecule has 1 heterocycles. The van der Waals surface area contributed by atoms with Crippen LogP contribution in [-0.4, -0.2) is 24.0 Å². The molecule has 0 aliphatic heterocycles. The Hall–Kier alpha value is -0.890. The third-order valence-electron chi connectivity index (χ3n) is 2.50. The highest BCUT2D eigenvalue weighted by Gasteiger charge is 2.12. The van der Waals surface area contributed by atoms with Gasteiger partial charge in [-0.2, -0.15) is 0 Å². The maximum absolute atomic E-state index is 4.34. The minimum atomic E-state index is 0.507. The van der Waals surface area contributed by atoms with E-state index in [0.29, 0.717) is 6.04 Å². The molecule has 1 aromatic rings. The van der Waals surface area contributed by atoms with Gasteiger partial charge in [0.15, 0.2) is 0 Å². The quantitative estimate of drug-likeness (QED) is 0.770. The fourth-order valence-electron chi connectivity index (χ4n) is 1.67. The van der Waals surface area contributed by atoms with E-state index in [-0.39, 0.29) is 0 Å². The summed E-state index contributed by atoms with van der Waals surface area (Å²) in [5.41, 5.74) is 2.41. The number of hydrogen-bond donors (Lipinski definition) is 0. The van der Waals surface area contributed by atoms with Crippen LogP contribution in [0.5, 0.6) is 0 Å². The standard InChI is InChI=1S/C12H20N2.C2H6/c1-5-6-12(14(3)4)11-8-7-10(2)13-9-11;1-2/h7-9,12H,5-6H2,1-4H3;1-2H3/t12-;/m0./s1. The number of nitrogens with zero attached hydrogens (tertiary/aromatic N) is 2. The summed E-state index contributed by atoms with van der Waals surface area (Å²) >= 11 is 0. The number of rotatable bonds is 4. The van der Waals surface area contributed by atoms with Crippen molar-refractivity contribution in [1.82, 2.24) is 9.88 Å². The van der Waals surface area contributed by atoms with E-state index in [1.54, 1.807) is 0 Å². The van der Waals surface area contributed by atoms with Crippen molar-refractivity contribution in [1.29, 1.82) is 0 Å². The lowest BCUT2D eigenvalue weighted by Gasteiger charge is -2.23. The van der Waals surface area contributed by atoms with Crippen molar-refractivity contribution in [2.75, 3.05) is 14.1 Å². The molecule has 0 fully saturated rings. The molecule has 1 atom stereocenters. The van der Waals surface area contributed by atoms with Gasteiger partial charge in [0.25, 0.3) is 0 Å². The Bertz CT molecular complexity index is 265. The van der Waals surface area contributed by atoms with Gasteiger partial charge >= 0.3 is 0 Å². The molecule has 0 aromatic carbocycles. The third kappa shape index (κ3) is 4.75. The van der Waals surface area contributed by atoms with Crippen LogP contribution in [0.2, 0.25) is 0 Å². The normalized spacial score (nSPS) is 11.9. The van der Waals surface area contributed by atoms with Gasteiger partial charge < -0.3 is 4.90 Å². The molecule has 0 spiro atoms. The topological polar surface area (TPSA) is 16.1 Å². The van der Waals surface area contributed by atoms with Crippen molar-refractivity contribution in [3.05, 3.63) is 29.6 Å². The van der Waals surface area contributed by atoms with E-state index < -0.39 is 0 Å². The first kappa shape index (κ1) is 15.1. The van der Waals surface area contributed by atoms with E-state index in [1.165, 1.54) is 18.4 Å². The van der Waals surface area contributed by atoms with Gasteiger partial charge in [-0.15, -0.1) is 0 Å². The highest BCUT2D eigenvalue weighted by Crippen LogP contribution is 2.22. The Morgan fingerprint density at radius 3 is 2.25 bits per heavy atom. The first-order valence-corrected chi connectivity index (χ1v) is 6.24. The van der Waals surface area contributed by atoms with Crippen molar-refractivity contribution in [2.45, 2.75) is 46.6 Å². The van der Waals surface area contributed by atoms with Crippen LogP contribution in [0.15, 0.2) is 18.3 Å². The summed E-state index contributed by atoms with van der Waals surface area (Å²) < 4.78 is 0. The van der Waals surface area contributed by atoms with Crippen molar-refractivity contribution in [3.63, 3.8) is 0 Å². The molecule has 0 aliphatic rings. The van der Waals surface area contributed by atoms with Crippen molar-refractivity contribution >= 4 is 0 Å². The highest BCUT2D eigenvalue weighted by atomic mass is 15.1. The zero-order valence-corrected chi connectivity index (χ0v) is 11.6. The number of aryl methyl sites for hydroxylation is 1. The van der Waals surface area contributed by atoms with E-state index in [4.69, 9.17) is 0 Å². The van der Waals surface area contributed by atoms with Crippen LogP contribution in [0.25, 0.3) is 0 Å². The lowest BCUT2D eigenvalue weighted by atomic mass is 10.0. The smallest absolute Gasteiger partial charge is 0.0372 e. The molecule has 1 rings (SSSR count). The second-order valence-electron chi connectivity index (χ2n) is 4.00. The highest BCUT2D eigenvalue weighted by molar-refractivity contribution is 5.17. The predicted molar refractivity (Wildman–Crippen MR) is 71.7 cm³/mol. The van der Waals surface area contributed by atoms with Crippen LogP contribution in [0.3, 0.4) is 0 Å². The molecule has 0 aliphatic carbocycles. The maximum atomic E-state index is 4.34. The zero-order chi connectivity index (χ0) is 12.6. The summed E-state index contributed by atoms with van der Waals surface area (Å²) in [4.78, 5) is 6.60. The first-order chi connectivity index (χ1) is 7.65. The molecule has 92 valence electrons. The molecule has 0 N–H and O–H groups in total. The van der Waals surface area contributed by atoms with Crippen LogP contribution in [0.4, 0.5) is 0 Å². The molecule has 0 amide bonds. The van der Waals surface area contributed by atoms with Crippen LogP contribution >= 0.6 is 0 Å². The van der Waals surface area contributed by atoms with Gasteiger partial charge in [-0.3, -0.25) is 4.98 Å². The Balaban J connectivity index is 0.00000106. The second-order valence-corrected chi connectivity index (χ2v) is 4.00. The second kappa shape index (κ2) is 8.28. The van der Waals surface area contributed by atoms with Crippen molar-refractivity contribution in [2.24, 2.45) is 0 Å². The number of hydrogen-bond acceptors (Lipinski definition) is 2. The SMILES string of the molecule is CC.CCC[C@@H](c1ccc(C)nc1)N(C)C. The molecule has 16 heavy (non-hydrogen) atoms. The molecule has 1 aromatic heterocycles. The summed E-state index contributed by atoms with van der Waals surface area (Å²) in [5, 5.41) is 0. The van der Waals surface area contributed by atoms with Gasteiger partial charge in [0.2, 0.25) is 0 Å². The van der Waals surface area contributed by atoms with Gasteiger partial charge in [-0.1, -0.05) is 33.3 Å². The monoisotopic (exact) mass is 222 g/mol. The average Bonchev–Trinajstić information content (AvgIpc) is 2.30. The molecule has 0 unspecified atom stereocenters. The van der Waals surface area contributed by atoms with Crippen LogP contribution in [-0.2, 0) is 0 Å². The third-order valence-corrected chi connectivity index (χ3v) is 2.50. The Kier molecular flexibility index (Phi) is 7.82. The van der Waals surface area contributed by atoms with E-state index in [0.717, 1.165) is 5.69 Å². The van der Waals surface area contributed by atoms with Gasteiger partial charge in [-0.05, 0) is 39.1 Å². The molecular weight excluding hydrogens is 196 g/mol. The van der Waals surface area contributed by atoms with Crippen LogP contribution in [0.1, 0.15) is 50.9 Å². The van der Waals surface area contributed by atoms with E-state index in [1.807, 2.05) is 27.0 Å². The van der Waals surface area contributed by atoms with Crippen LogP contribution < -0.4 is 0 Å². The summed E-state index contributed by atoms with van der Waals surface area (Å²) in [6.45, 7) is 8.24. The van der Waals surface area contributed by atoms with E-state index >= 15 is 0 Å². The van der Waals surface area contributed by atoms with E-state index in [2.05, 4.69) is 43.0 Å². The molecule has 0 bridgehead atoms. The zero-order valence-electron chi connectivity index (χ0n) is 11.6. The molecule has 0 saturated heterocycles. The minimum absolute atomic E-state index is 0.507. The summed E-state index contributed by atoms with van der Waals surface area (Å²) in [7, 11) is 4.25. The minimum Gasteiger partial charge on any atom is -0.302 e. The molecule has 0 saturated carbocycles. The number of aromatic nitrogens is 1. The van der Waals surface area contributed by atoms with Gasteiger partial charge in [-0.25, -0.2) is 0 Å². The molecular formula is C14H26N2. The fraction of sp³-hybridized carbons (Fsp3) is 0.643. The summed E-state index contributed by atoms with van der Waals surface area (Å²) in [6, 6.07) is 4.78. The molecule has 2 nitrogen and oxygen atoms in total. The Morgan fingerprint density at radius 2 is 1.88 bits per heavy atom. The molecule has 0 radical (unpaired) electrons. The van der Waals surface area contributed by atoms with Crippen molar-refractivity contribution < 1.29 is 0 Å². The van der Waals surface area contributed by atoms with Gasteiger partial charge in [0.1, 0.15) is 0 Å². The largest absolute Gasteiger partial charge is 0.302 e. The lowest BCUT2D eigenvalue weighted by molar-refractivity contribution is 0.281. The summed E-state index contributed by atoms with van der Waals surface area (Å²) in [5.74, 6) is 0. The average molecular weight is 222 g/mol. The Morgan fingerprint density at radius 1 is 1.25 bits per heavy atom. The predicted octanol–water partition coefficient (Wildman–Crippen LogP) is 3.82. The van der Waals surface area contributed by atoms with Gasteiger partial charge in [0, 0.05) is 17.9 Å². The molecule has 2 heteroatoms. The maximum Gasteiger partial charge on any atom is 0.0372 e.